The van der Waals surface area contributed by atoms with E-state index in [1.807, 2.05) is 6.07 Å². The van der Waals surface area contributed by atoms with Crippen LogP contribution in [-0.2, 0) is 0 Å². The van der Waals surface area contributed by atoms with Gasteiger partial charge in [0.05, 0.1) is 5.69 Å². The Kier molecular flexibility index (Phi) is 4.76. The van der Waals surface area contributed by atoms with Crippen LogP contribution in [0.1, 0.15) is 24.3 Å². The van der Waals surface area contributed by atoms with Gasteiger partial charge in [-0.05, 0) is 54.7 Å². The van der Waals surface area contributed by atoms with Gasteiger partial charge in [0.25, 0.3) is 0 Å². The molecule has 0 saturated carbocycles. The zero-order valence-electron chi connectivity index (χ0n) is 12.8. The van der Waals surface area contributed by atoms with Gasteiger partial charge in [0, 0.05) is 18.8 Å². The smallest absolute Gasteiger partial charge is 0.168 e. The van der Waals surface area contributed by atoms with Crippen LogP contribution in [0.25, 0.3) is 0 Å². The largest absolute Gasteiger partial charge is 0.376 e. The number of rotatable bonds is 3. The number of thiocarbonyl (C=S) groups is 1. The lowest BCUT2D eigenvalue weighted by Crippen LogP contribution is -2.33. The highest BCUT2D eigenvalue weighted by Crippen LogP contribution is 2.32. The molecule has 120 valence electrons. The molecule has 0 bridgehead atoms. The Hall–Kier alpha value is -2.14. The molecule has 23 heavy (non-hydrogen) atoms. The molecule has 0 radical (unpaired) electrons. The number of nitrogens with one attached hydrogen (secondary N) is 1. The minimum atomic E-state index is -0.246. The lowest BCUT2D eigenvalue weighted by Gasteiger charge is -2.34. The fourth-order valence-corrected chi connectivity index (χ4v) is 3.28. The van der Waals surface area contributed by atoms with Gasteiger partial charge < -0.3 is 16.0 Å². The first-order chi connectivity index (χ1) is 11.1. The molecule has 1 heterocycles. The summed E-state index contributed by atoms with van der Waals surface area (Å²) in [5, 5.41) is 2.89. The van der Waals surface area contributed by atoms with E-state index >= 15 is 0 Å². The summed E-state index contributed by atoms with van der Waals surface area (Å²) in [4.78, 5) is 2.11. The predicted molar refractivity (Wildman–Crippen MR) is 97.4 cm³/mol. The summed E-state index contributed by atoms with van der Waals surface area (Å²) < 4.78 is 14.3. The van der Waals surface area contributed by atoms with E-state index in [-0.39, 0.29) is 10.9 Å². The number of anilines is 2. The van der Waals surface area contributed by atoms with Gasteiger partial charge in [-0.3, -0.25) is 0 Å². The van der Waals surface area contributed by atoms with Gasteiger partial charge in [-0.2, -0.15) is 0 Å². The number of nitrogens with zero attached hydrogens (tertiary/aromatic N) is 1. The first kappa shape index (κ1) is 15.7. The molecule has 1 aliphatic rings. The molecule has 0 atom stereocenters. The number of nitrogens with two attached hydrogens (primary N) is 1. The van der Waals surface area contributed by atoms with Gasteiger partial charge >= 0.3 is 0 Å². The summed E-state index contributed by atoms with van der Waals surface area (Å²) in [5.41, 5.74) is 8.02. The molecular formula is C18H20FN3S. The van der Waals surface area contributed by atoms with Crippen LogP contribution in [0.5, 0.6) is 0 Å². The summed E-state index contributed by atoms with van der Waals surface area (Å²) in [6, 6.07) is 15.6. The molecule has 2 aromatic rings. The average molecular weight is 329 g/mol. The SMILES string of the molecule is NC(=S)Nc1ccc(N2CCC(c3ccccc3)CC2)c(F)c1. The molecule has 3 nitrogen and oxygen atoms in total. The van der Waals surface area contributed by atoms with Crippen LogP contribution in [0.3, 0.4) is 0 Å². The standard InChI is InChI=1S/C18H20FN3S/c19-16-12-15(21-18(20)23)6-7-17(16)22-10-8-14(9-11-22)13-4-2-1-3-5-13/h1-7,12,14H,8-11H2,(H3,20,21,23). The third kappa shape index (κ3) is 3.79. The molecule has 1 fully saturated rings. The first-order valence-electron chi connectivity index (χ1n) is 7.79. The van der Waals surface area contributed by atoms with Crippen molar-refractivity contribution in [3.8, 4) is 0 Å². The summed E-state index contributed by atoms with van der Waals surface area (Å²) in [6.45, 7) is 1.72. The van der Waals surface area contributed by atoms with Gasteiger partial charge in [-0.1, -0.05) is 30.3 Å². The Morgan fingerprint density at radius 2 is 1.83 bits per heavy atom. The van der Waals surface area contributed by atoms with Crippen LogP contribution in [0.4, 0.5) is 15.8 Å². The maximum Gasteiger partial charge on any atom is 0.168 e. The maximum atomic E-state index is 14.3. The van der Waals surface area contributed by atoms with Crippen molar-refractivity contribution in [2.75, 3.05) is 23.3 Å². The zero-order valence-corrected chi connectivity index (χ0v) is 13.7. The number of hydrogen-bond acceptors (Lipinski definition) is 2. The molecule has 0 unspecified atom stereocenters. The first-order valence-corrected chi connectivity index (χ1v) is 8.20. The normalized spacial score (nSPS) is 15.4. The van der Waals surface area contributed by atoms with Crippen molar-refractivity contribution in [2.45, 2.75) is 18.8 Å². The average Bonchev–Trinajstić information content (AvgIpc) is 2.55. The summed E-state index contributed by atoms with van der Waals surface area (Å²) in [6.07, 6.45) is 2.08. The van der Waals surface area contributed by atoms with Crippen LogP contribution >= 0.6 is 12.2 Å². The van der Waals surface area contributed by atoms with E-state index in [1.54, 1.807) is 12.1 Å². The van der Waals surface area contributed by atoms with Gasteiger partial charge in [0.2, 0.25) is 0 Å². The minimum absolute atomic E-state index is 0.140. The van der Waals surface area contributed by atoms with Crippen molar-refractivity contribution in [2.24, 2.45) is 5.73 Å². The van der Waals surface area contributed by atoms with Crippen LogP contribution in [0, 0.1) is 5.82 Å². The third-order valence-electron chi connectivity index (χ3n) is 4.32. The Morgan fingerprint density at radius 3 is 2.43 bits per heavy atom. The van der Waals surface area contributed by atoms with E-state index in [0.29, 0.717) is 17.3 Å². The highest BCUT2D eigenvalue weighted by molar-refractivity contribution is 7.80. The van der Waals surface area contributed by atoms with E-state index in [2.05, 4.69) is 34.5 Å². The van der Waals surface area contributed by atoms with Crippen molar-refractivity contribution in [3.05, 3.63) is 59.9 Å². The van der Waals surface area contributed by atoms with Gasteiger partial charge in [0.1, 0.15) is 5.82 Å². The van der Waals surface area contributed by atoms with Crippen molar-refractivity contribution in [1.82, 2.24) is 0 Å². The molecule has 2 aromatic carbocycles. The fourth-order valence-electron chi connectivity index (χ4n) is 3.16. The molecule has 1 aliphatic heterocycles. The lowest BCUT2D eigenvalue weighted by molar-refractivity contribution is 0.497. The highest BCUT2D eigenvalue weighted by Gasteiger charge is 2.22. The fraction of sp³-hybridized carbons (Fsp3) is 0.278. The Bertz CT molecular complexity index is 682. The molecule has 0 aliphatic carbocycles. The van der Waals surface area contributed by atoms with E-state index in [1.165, 1.54) is 11.6 Å². The van der Waals surface area contributed by atoms with Crippen molar-refractivity contribution in [3.63, 3.8) is 0 Å². The number of halogens is 1. The molecule has 0 spiro atoms. The zero-order chi connectivity index (χ0) is 16.2. The van der Waals surface area contributed by atoms with Crippen LogP contribution in [0.15, 0.2) is 48.5 Å². The van der Waals surface area contributed by atoms with Crippen molar-refractivity contribution >= 4 is 28.7 Å². The van der Waals surface area contributed by atoms with E-state index in [4.69, 9.17) is 18.0 Å². The predicted octanol–water partition coefficient (Wildman–Crippen LogP) is 3.87. The summed E-state index contributed by atoms with van der Waals surface area (Å²) in [7, 11) is 0. The molecule has 5 heteroatoms. The van der Waals surface area contributed by atoms with Gasteiger partial charge in [-0.25, -0.2) is 4.39 Å². The summed E-state index contributed by atoms with van der Waals surface area (Å²) in [5.74, 6) is 0.315. The molecule has 1 saturated heterocycles. The third-order valence-corrected chi connectivity index (χ3v) is 4.42. The number of piperidine rings is 1. The summed E-state index contributed by atoms with van der Waals surface area (Å²) >= 11 is 4.77. The Labute approximate surface area is 141 Å². The molecule has 0 amide bonds. The maximum absolute atomic E-state index is 14.3. The lowest BCUT2D eigenvalue weighted by atomic mass is 9.89. The van der Waals surface area contributed by atoms with Gasteiger partial charge in [-0.15, -0.1) is 0 Å². The van der Waals surface area contributed by atoms with Crippen molar-refractivity contribution in [1.29, 1.82) is 0 Å². The molecule has 0 aromatic heterocycles. The second kappa shape index (κ2) is 6.96. The van der Waals surface area contributed by atoms with Crippen LogP contribution in [-0.4, -0.2) is 18.2 Å². The van der Waals surface area contributed by atoms with Crippen LogP contribution in [0.2, 0.25) is 0 Å². The monoisotopic (exact) mass is 329 g/mol. The van der Waals surface area contributed by atoms with Gasteiger partial charge in [0.15, 0.2) is 5.11 Å². The van der Waals surface area contributed by atoms with E-state index < -0.39 is 0 Å². The Balaban J connectivity index is 1.67. The van der Waals surface area contributed by atoms with E-state index in [9.17, 15) is 4.39 Å². The second-order valence-corrected chi connectivity index (χ2v) is 6.27. The van der Waals surface area contributed by atoms with Crippen molar-refractivity contribution < 1.29 is 4.39 Å². The Morgan fingerprint density at radius 1 is 1.13 bits per heavy atom. The van der Waals surface area contributed by atoms with E-state index in [0.717, 1.165) is 25.9 Å². The quantitative estimate of drug-likeness (QED) is 0.839. The molecular weight excluding hydrogens is 309 g/mol. The topological polar surface area (TPSA) is 41.3 Å². The molecule has 3 N–H and O–H groups in total. The number of hydrogen-bond donors (Lipinski definition) is 2. The number of benzene rings is 2. The van der Waals surface area contributed by atoms with Crippen LogP contribution < -0.4 is 16.0 Å². The highest BCUT2D eigenvalue weighted by atomic mass is 32.1. The second-order valence-electron chi connectivity index (χ2n) is 5.83. The minimum Gasteiger partial charge on any atom is -0.376 e. The molecule has 3 rings (SSSR count).